The number of hydrogen-bond donors (Lipinski definition) is 0. The second kappa shape index (κ2) is 5.05. The summed E-state index contributed by atoms with van der Waals surface area (Å²) in [5.41, 5.74) is 1.11. The Labute approximate surface area is 103 Å². The Morgan fingerprint density at radius 2 is 2.06 bits per heavy atom. The van der Waals surface area contributed by atoms with Crippen LogP contribution in [0, 0.1) is 0 Å². The zero-order valence-corrected chi connectivity index (χ0v) is 10.3. The van der Waals surface area contributed by atoms with E-state index in [-0.39, 0.29) is 0 Å². The number of ether oxygens (including phenoxy) is 1. The Morgan fingerprint density at radius 1 is 1.35 bits per heavy atom. The quantitative estimate of drug-likeness (QED) is 0.469. The van der Waals surface area contributed by atoms with E-state index in [9.17, 15) is 4.79 Å². The summed E-state index contributed by atoms with van der Waals surface area (Å²) >= 11 is 1.45. The molecule has 1 aromatic carbocycles. The molecule has 0 N–H and O–H groups in total. The Hall–Kier alpha value is -1.75. The molecule has 88 valence electrons. The van der Waals surface area contributed by atoms with Crippen LogP contribution in [-0.4, -0.2) is 18.8 Å². The zero-order valence-electron chi connectivity index (χ0n) is 9.47. The lowest BCUT2D eigenvalue weighted by Crippen LogP contribution is -2.00. The summed E-state index contributed by atoms with van der Waals surface area (Å²) in [5.74, 6) is 0.406. The molecule has 0 amide bonds. The Bertz CT molecular complexity index is 491. The number of benzene rings is 1. The maximum Gasteiger partial charge on any atom is 0.368 e. The van der Waals surface area contributed by atoms with Crippen molar-refractivity contribution in [2.45, 2.75) is 11.8 Å². The Morgan fingerprint density at radius 3 is 2.59 bits per heavy atom. The van der Waals surface area contributed by atoms with Crippen LogP contribution in [0.4, 0.5) is 0 Å². The minimum atomic E-state index is -0.400. The van der Waals surface area contributed by atoms with Crippen LogP contribution in [0.2, 0.25) is 0 Å². The first-order valence-electron chi connectivity index (χ1n) is 4.98. The molecule has 0 unspecified atom stereocenters. The third kappa shape index (κ3) is 2.68. The van der Waals surface area contributed by atoms with Crippen molar-refractivity contribution in [2.75, 3.05) is 7.11 Å². The van der Waals surface area contributed by atoms with E-state index in [1.54, 1.807) is 19.4 Å². The molecule has 0 atom stereocenters. The Kier molecular flexibility index (Phi) is 3.49. The second-order valence-corrected chi connectivity index (χ2v) is 4.32. The highest BCUT2D eigenvalue weighted by Gasteiger charge is 2.21. The van der Waals surface area contributed by atoms with E-state index in [0.29, 0.717) is 11.3 Å². The van der Waals surface area contributed by atoms with E-state index in [1.165, 1.54) is 11.8 Å². The van der Waals surface area contributed by atoms with Crippen LogP contribution in [0.25, 0.3) is 0 Å². The lowest BCUT2D eigenvalue weighted by atomic mass is 10.2. The zero-order chi connectivity index (χ0) is 12.3. The van der Waals surface area contributed by atoms with Crippen LogP contribution in [-0.2, 0) is 9.63 Å². The van der Waals surface area contributed by atoms with Gasteiger partial charge in [0.1, 0.15) is 5.75 Å². The molecule has 0 aromatic heterocycles. The molecule has 0 bridgehead atoms. The van der Waals surface area contributed by atoms with Gasteiger partial charge in [0, 0.05) is 4.90 Å². The van der Waals surface area contributed by atoms with Crippen molar-refractivity contribution in [3.8, 4) is 5.75 Å². The number of methoxy groups -OCH3 is 1. The molecule has 5 heteroatoms. The predicted molar refractivity (Wildman–Crippen MR) is 66.1 cm³/mol. The van der Waals surface area contributed by atoms with Gasteiger partial charge in [-0.1, -0.05) is 16.9 Å². The molecule has 0 saturated carbocycles. The second-order valence-electron chi connectivity index (χ2n) is 3.38. The predicted octanol–water partition coefficient (Wildman–Crippen LogP) is 2.60. The maximum absolute atomic E-state index is 11.3. The van der Waals surface area contributed by atoms with Gasteiger partial charge in [0.2, 0.25) is 0 Å². The van der Waals surface area contributed by atoms with Crippen molar-refractivity contribution in [3.63, 3.8) is 0 Å². The maximum atomic E-state index is 11.3. The summed E-state index contributed by atoms with van der Waals surface area (Å²) in [6.07, 6.45) is 0. The smallest absolute Gasteiger partial charge is 0.368 e. The van der Waals surface area contributed by atoms with E-state index < -0.39 is 5.97 Å². The highest BCUT2D eigenvalue weighted by atomic mass is 32.2. The lowest BCUT2D eigenvalue weighted by Gasteiger charge is -2.00. The number of carbonyl (C=O) groups excluding carboxylic acids is 1. The summed E-state index contributed by atoms with van der Waals surface area (Å²) in [7, 11) is 1.62. The fourth-order valence-electron chi connectivity index (χ4n) is 1.27. The van der Waals surface area contributed by atoms with E-state index in [0.717, 1.165) is 10.6 Å². The van der Waals surface area contributed by atoms with Gasteiger partial charge >= 0.3 is 5.97 Å². The molecule has 1 heterocycles. The highest BCUT2D eigenvalue weighted by Crippen LogP contribution is 2.25. The normalized spacial score (nSPS) is 16.9. The third-order valence-corrected chi connectivity index (χ3v) is 3.15. The molecule has 1 aromatic rings. The topological polar surface area (TPSA) is 47.9 Å². The molecule has 4 nitrogen and oxygen atoms in total. The molecule has 0 aliphatic carbocycles. The van der Waals surface area contributed by atoms with Crippen LogP contribution >= 0.6 is 11.8 Å². The van der Waals surface area contributed by atoms with Crippen LogP contribution in [0.1, 0.15) is 6.92 Å². The minimum Gasteiger partial charge on any atom is -0.497 e. The molecule has 1 aliphatic heterocycles. The van der Waals surface area contributed by atoms with Crippen molar-refractivity contribution < 1.29 is 14.4 Å². The van der Waals surface area contributed by atoms with Crippen molar-refractivity contribution >= 4 is 23.4 Å². The summed E-state index contributed by atoms with van der Waals surface area (Å²) in [4.78, 5) is 16.8. The first-order valence-corrected chi connectivity index (χ1v) is 5.86. The molecule has 0 fully saturated rings. The number of oxime groups is 1. The van der Waals surface area contributed by atoms with Gasteiger partial charge in [-0.15, -0.1) is 0 Å². The van der Waals surface area contributed by atoms with Crippen molar-refractivity contribution in [1.29, 1.82) is 0 Å². The van der Waals surface area contributed by atoms with Gasteiger partial charge in [-0.2, -0.15) is 0 Å². The fraction of sp³-hybridized carbons (Fsp3) is 0.167. The van der Waals surface area contributed by atoms with Crippen molar-refractivity contribution in [1.82, 2.24) is 0 Å². The highest BCUT2D eigenvalue weighted by molar-refractivity contribution is 8.02. The number of nitrogens with zero attached hydrogens (tertiary/aromatic N) is 1. The van der Waals surface area contributed by atoms with Gasteiger partial charge in [-0.3, -0.25) is 0 Å². The molecule has 1 aliphatic rings. The number of hydrogen-bond acceptors (Lipinski definition) is 5. The molecular weight excluding hydrogens is 238 g/mol. The molecule has 0 spiro atoms. The largest absolute Gasteiger partial charge is 0.497 e. The molecule has 17 heavy (non-hydrogen) atoms. The summed E-state index contributed by atoms with van der Waals surface area (Å²) in [6, 6.07) is 7.59. The van der Waals surface area contributed by atoms with E-state index in [2.05, 4.69) is 9.99 Å². The van der Waals surface area contributed by atoms with E-state index >= 15 is 0 Å². The van der Waals surface area contributed by atoms with Gasteiger partial charge in [0.15, 0.2) is 0 Å². The van der Waals surface area contributed by atoms with Crippen LogP contribution in [0.3, 0.4) is 0 Å². The fourth-order valence-corrected chi connectivity index (χ4v) is 2.08. The number of carbonyl (C=O) groups is 1. The molecule has 0 saturated heterocycles. The van der Waals surface area contributed by atoms with Gasteiger partial charge in [-0.25, -0.2) is 4.79 Å². The van der Waals surface area contributed by atoms with Gasteiger partial charge in [-0.05, 0) is 36.6 Å². The average molecular weight is 249 g/mol. The first kappa shape index (κ1) is 11.7. The Balaban J connectivity index is 2.08. The number of rotatable bonds is 3. The van der Waals surface area contributed by atoms with Gasteiger partial charge in [0.05, 0.1) is 18.4 Å². The summed E-state index contributed by atoms with van der Waals surface area (Å²) in [6.45, 7) is 1.74. The van der Waals surface area contributed by atoms with Crippen LogP contribution < -0.4 is 4.74 Å². The molecular formula is C12H11NO3S. The molecule has 2 rings (SSSR count). The van der Waals surface area contributed by atoms with E-state index in [4.69, 9.17) is 4.74 Å². The first-order chi connectivity index (χ1) is 8.20. The average Bonchev–Trinajstić information content (AvgIpc) is 2.67. The van der Waals surface area contributed by atoms with Crippen LogP contribution in [0.15, 0.2) is 45.3 Å². The van der Waals surface area contributed by atoms with Crippen molar-refractivity contribution in [2.24, 2.45) is 5.16 Å². The summed E-state index contributed by atoms with van der Waals surface area (Å²) < 4.78 is 5.06. The summed E-state index contributed by atoms with van der Waals surface area (Å²) in [5, 5.41) is 5.35. The van der Waals surface area contributed by atoms with E-state index in [1.807, 2.05) is 24.3 Å². The van der Waals surface area contributed by atoms with Gasteiger partial charge in [0.25, 0.3) is 0 Å². The monoisotopic (exact) mass is 249 g/mol. The SMILES string of the molecule is COc1ccc(S/C=C2/C(=O)ON=C2C)cc1. The number of thioether (sulfide) groups is 1. The third-order valence-electron chi connectivity index (χ3n) is 2.25. The van der Waals surface area contributed by atoms with Crippen molar-refractivity contribution in [3.05, 3.63) is 35.2 Å². The lowest BCUT2D eigenvalue weighted by molar-refractivity contribution is -0.136. The minimum absolute atomic E-state index is 0.400. The molecule has 0 radical (unpaired) electrons. The van der Waals surface area contributed by atoms with Gasteiger partial charge < -0.3 is 9.57 Å². The standard InChI is InChI=1S/C12H11NO3S/c1-8-11(12(14)16-13-8)7-17-10-5-3-9(15-2)4-6-10/h3-7H,1-2H3/b11-7+. The van der Waals surface area contributed by atoms with Crippen LogP contribution in [0.5, 0.6) is 5.75 Å².